The smallest absolute Gasteiger partial charge is 0.212 e. The van der Waals surface area contributed by atoms with Crippen molar-refractivity contribution in [2.75, 3.05) is 7.11 Å². The van der Waals surface area contributed by atoms with Gasteiger partial charge in [0.1, 0.15) is 0 Å². The van der Waals surface area contributed by atoms with E-state index in [1.165, 1.54) is 5.56 Å². The van der Waals surface area contributed by atoms with Gasteiger partial charge in [-0.2, -0.15) is 0 Å². The van der Waals surface area contributed by atoms with Crippen LogP contribution in [-0.4, -0.2) is 12.1 Å². The van der Waals surface area contributed by atoms with Gasteiger partial charge in [-0.15, -0.1) is 12.3 Å². The Kier molecular flexibility index (Phi) is 4.17. The summed E-state index contributed by atoms with van der Waals surface area (Å²) in [5.41, 5.74) is 1.18. The second-order valence-electron chi connectivity index (χ2n) is 3.89. The maximum atomic E-state index is 5.37. The maximum Gasteiger partial charge on any atom is 0.212 e. The number of aromatic nitrogens is 1. The van der Waals surface area contributed by atoms with E-state index in [2.05, 4.69) is 24.8 Å². The normalized spacial score (nSPS) is 12.2. The Bertz CT molecular complexity index is 335. The van der Waals surface area contributed by atoms with E-state index in [0.717, 1.165) is 6.42 Å². The highest BCUT2D eigenvalue weighted by Gasteiger charge is 2.14. The first-order valence-corrected chi connectivity index (χ1v) is 5.12. The first kappa shape index (κ1) is 11.6. The summed E-state index contributed by atoms with van der Waals surface area (Å²) in [6.07, 6.45) is 7.97. The molecule has 0 aliphatic heterocycles. The Morgan fingerprint density at radius 1 is 1.47 bits per heavy atom. The van der Waals surface area contributed by atoms with Crippen LogP contribution in [0.5, 0.6) is 5.88 Å². The van der Waals surface area contributed by atoms with Crippen LogP contribution < -0.4 is 4.74 Å². The minimum absolute atomic E-state index is 0.383. The summed E-state index contributed by atoms with van der Waals surface area (Å²) in [6, 6.07) is 3.91. The number of nitrogens with zero attached hydrogens (tertiary/aromatic N) is 1. The van der Waals surface area contributed by atoms with Gasteiger partial charge >= 0.3 is 0 Å². The average molecular weight is 203 g/mol. The summed E-state index contributed by atoms with van der Waals surface area (Å²) in [5, 5.41) is 0. The summed E-state index contributed by atoms with van der Waals surface area (Å²) < 4.78 is 5.02. The molecule has 0 spiro atoms. The van der Waals surface area contributed by atoms with E-state index in [1.54, 1.807) is 7.11 Å². The zero-order valence-electron chi connectivity index (χ0n) is 9.53. The molecule has 0 saturated heterocycles. The molecule has 0 aromatic carbocycles. The third-order valence-corrected chi connectivity index (χ3v) is 2.54. The zero-order chi connectivity index (χ0) is 11.3. The summed E-state index contributed by atoms with van der Waals surface area (Å²) >= 11 is 0. The van der Waals surface area contributed by atoms with Gasteiger partial charge in [0.2, 0.25) is 5.88 Å². The molecule has 1 aromatic rings. The fourth-order valence-corrected chi connectivity index (χ4v) is 1.60. The molecule has 15 heavy (non-hydrogen) atoms. The van der Waals surface area contributed by atoms with E-state index in [0.29, 0.717) is 17.7 Å². The molecule has 0 saturated carbocycles. The molecule has 2 heteroatoms. The van der Waals surface area contributed by atoms with Gasteiger partial charge in [-0.1, -0.05) is 19.9 Å². The first-order valence-electron chi connectivity index (χ1n) is 5.12. The van der Waals surface area contributed by atoms with Crippen LogP contribution in [0.25, 0.3) is 0 Å². The molecule has 1 rings (SSSR count). The van der Waals surface area contributed by atoms with Crippen LogP contribution in [0.3, 0.4) is 0 Å². The molecule has 0 amide bonds. The standard InChI is InChI=1S/C13H17NO/c1-5-6-12(10(2)3)11-7-8-13(15-4)14-9-11/h1,7-10,12H,6H2,2-4H3. The summed E-state index contributed by atoms with van der Waals surface area (Å²) in [5.74, 6) is 4.26. The molecule has 0 bridgehead atoms. The molecule has 80 valence electrons. The van der Waals surface area contributed by atoms with Gasteiger partial charge in [-0.25, -0.2) is 4.98 Å². The topological polar surface area (TPSA) is 22.1 Å². The second-order valence-corrected chi connectivity index (χ2v) is 3.89. The average Bonchev–Trinajstić information content (AvgIpc) is 2.26. The number of rotatable bonds is 4. The minimum Gasteiger partial charge on any atom is -0.481 e. The van der Waals surface area contributed by atoms with Gasteiger partial charge in [0.15, 0.2) is 0 Å². The van der Waals surface area contributed by atoms with Crippen molar-refractivity contribution in [2.45, 2.75) is 26.2 Å². The summed E-state index contributed by atoms with van der Waals surface area (Å²) in [7, 11) is 1.61. The van der Waals surface area contributed by atoms with Crippen LogP contribution >= 0.6 is 0 Å². The van der Waals surface area contributed by atoms with Crippen molar-refractivity contribution in [3.05, 3.63) is 23.9 Å². The highest BCUT2D eigenvalue weighted by molar-refractivity contribution is 5.22. The summed E-state index contributed by atoms with van der Waals surface area (Å²) in [4.78, 5) is 4.19. The zero-order valence-corrected chi connectivity index (χ0v) is 9.53. The monoisotopic (exact) mass is 203 g/mol. The highest BCUT2D eigenvalue weighted by Crippen LogP contribution is 2.27. The molecular weight excluding hydrogens is 186 g/mol. The van der Waals surface area contributed by atoms with Crippen molar-refractivity contribution in [2.24, 2.45) is 5.92 Å². The van der Waals surface area contributed by atoms with E-state index in [4.69, 9.17) is 11.2 Å². The lowest BCUT2D eigenvalue weighted by molar-refractivity contribution is 0.396. The van der Waals surface area contributed by atoms with Crippen molar-refractivity contribution >= 4 is 0 Å². The maximum absolute atomic E-state index is 5.37. The molecule has 0 aliphatic carbocycles. The van der Waals surface area contributed by atoms with Crippen LogP contribution in [-0.2, 0) is 0 Å². The van der Waals surface area contributed by atoms with Gasteiger partial charge in [0.05, 0.1) is 7.11 Å². The Labute approximate surface area is 91.7 Å². The Hall–Kier alpha value is -1.49. The number of hydrogen-bond acceptors (Lipinski definition) is 2. The lowest BCUT2D eigenvalue weighted by Gasteiger charge is -2.18. The van der Waals surface area contributed by atoms with Crippen molar-refractivity contribution in [3.63, 3.8) is 0 Å². The minimum atomic E-state index is 0.383. The molecule has 1 heterocycles. The molecule has 0 N–H and O–H groups in total. The fourth-order valence-electron chi connectivity index (χ4n) is 1.60. The van der Waals surface area contributed by atoms with E-state index < -0.39 is 0 Å². The van der Waals surface area contributed by atoms with Crippen LogP contribution in [0.4, 0.5) is 0 Å². The third-order valence-electron chi connectivity index (χ3n) is 2.54. The number of hydrogen-bond donors (Lipinski definition) is 0. The van der Waals surface area contributed by atoms with Crippen LogP contribution in [0.15, 0.2) is 18.3 Å². The Balaban J connectivity index is 2.87. The van der Waals surface area contributed by atoms with Crippen molar-refractivity contribution in [1.29, 1.82) is 0 Å². The van der Waals surface area contributed by atoms with Gasteiger partial charge in [0.25, 0.3) is 0 Å². The number of terminal acetylenes is 1. The second kappa shape index (κ2) is 5.41. The number of ether oxygens (including phenoxy) is 1. The van der Waals surface area contributed by atoms with Gasteiger partial charge < -0.3 is 4.74 Å². The molecule has 1 aromatic heterocycles. The van der Waals surface area contributed by atoms with Gasteiger partial charge in [-0.3, -0.25) is 0 Å². The van der Waals surface area contributed by atoms with Crippen molar-refractivity contribution < 1.29 is 4.74 Å². The highest BCUT2D eigenvalue weighted by atomic mass is 16.5. The predicted molar refractivity (Wildman–Crippen MR) is 61.8 cm³/mol. The van der Waals surface area contributed by atoms with Crippen LogP contribution in [0.2, 0.25) is 0 Å². The van der Waals surface area contributed by atoms with Crippen LogP contribution in [0.1, 0.15) is 31.7 Å². The third kappa shape index (κ3) is 2.99. The molecule has 1 unspecified atom stereocenters. The number of methoxy groups -OCH3 is 1. The SMILES string of the molecule is C#CCC(c1ccc(OC)nc1)C(C)C. The van der Waals surface area contributed by atoms with E-state index in [1.807, 2.05) is 18.3 Å². The predicted octanol–water partition coefficient (Wildman–Crippen LogP) is 2.85. The van der Waals surface area contributed by atoms with Crippen molar-refractivity contribution in [1.82, 2.24) is 4.98 Å². The van der Waals surface area contributed by atoms with Gasteiger partial charge in [-0.05, 0) is 17.4 Å². The molecule has 2 nitrogen and oxygen atoms in total. The lowest BCUT2D eigenvalue weighted by Crippen LogP contribution is -2.06. The van der Waals surface area contributed by atoms with Crippen LogP contribution in [0, 0.1) is 18.3 Å². The Morgan fingerprint density at radius 2 is 2.20 bits per heavy atom. The largest absolute Gasteiger partial charge is 0.481 e. The summed E-state index contributed by atoms with van der Waals surface area (Å²) in [6.45, 7) is 4.35. The van der Waals surface area contributed by atoms with E-state index in [-0.39, 0.29) is 0 Å². The van der Waals surface area contributed by atoms with E-state index >= 15 is 0 Å². The fraction of sp³-hybridized carbons (Fsp3) is 0.462. The molecule has 0 fully saturated rings. The van der Waals surface area contributed by atoms with Crippen molar-refractivity contribution in [3.8, 4) is 18.2 Å². The molecule has 1 atom stereocenters. The van der Waals surface area contributed by atoms with Gasteiger partial charge in [0, 0.05) is 18.7 Å². The molecular formula is C13H17NO. The quantitative estimate of drug-likeness (QED) is 0.702. The molecule has 0 radical (unpaired) electrons. The Morgan fingerprint density at radius 3 is 2.60 bits per heavy atom. The van der Waals surface area contributed by atoms with E-state index in [9.17, 15) is 0 Å². The first-order chi connectivity index (χ1) is 7.19. The lowest BCUT2D eigenvalue weighted by atomic mass is 9.87. The molecule has 0 aliphatic rings. The number of pyridine rings is 1.